The van der Waals surface area contributed by atoms with E-state index in [1.807, 2.05) is 32.9 Å². The Hall–Kier alpha value is -3.89. The maximum absolute atomic E-state index is 12.8. The van der Waals surface area contributed by atoms with Crippen LogP contribution in [-0.4, -0.2) is 38.1 Å². The average molecular weight is 489 g/mol. The van der Waals surface area contributed by atoms with Crippen LogP contribution in [0.4, 0.5) is 18.9 Å². The van der Waals surface area contributed by atoms with Crippen LogP contribution in [-0.2, 0) is 11.0 Å². The lowest BCUT2D eigenvalue weighted by Gasteiger charge is -2.33. The summed E-state index contributed by atoms with van der Waals surface area (Å²) in [6.45, 7) is 6.18. The molecule has 35 heavy (non-hydrogen) atoms. The Morgan fingerprint density at radius 3 is 2.26 bits per heavy atom. The van der Waals surface area contributed by atoms with Gasteiger partial charge in [0, 0.05) is 18.3 Å². The molecule has 0 unspecified atom stereocenters. The highest BCUT2D eigenvalue weighted by Crippen LogP contribution is 2.36. The van der Waals surface area contributed by atoms with Gasteiger partial charge < -0.3 is 15.7 Å². The first-order chi connectivity index (χ1) is 16.3. The zero-order chi connectivity index (χ0) is 25.8. The third kappa shape index (κ3) is 6.81. The van der Waals surface area contributed by atoms with E-state index in [0.29, 0.717) is 17.1 Å². The minimum atomic E-state index is -4.53. The summed E-state index contributed by atoms with van der Waals surface area (Å²) in [5, 5.41) is 14.7. The van der Waals surface area contributed by atoms with Crippen LogP contribution in [0.3, 0.4) is 0 Å². The van der Waals surface area contributed by atoms with Gasteiger partial charge in [0.1, 0.15) is 12.1 Å². The molecule has 0 aliphatic heterocycles. The van der Waals surface area contributed by atoms with Gasteiger partial charge in [0.2, 0.25) is 0 Å². The molecule has 3 aromatic rings. The number of carboxylic acid groups (broad SMARTS) is 1. The van der Waals surface area contributed by atoms with Crippen LogP contribution in [0.5, 0.6) is 0 Å². The van der Waals surface area contributed by atoms with Crippen molar-refractivity contribution in [3.05, 3.63) is 71.9 Å². The van der Waals surface area contributed by atoms with E-state index in [1.54, 1.807) is 24.3 Å². The van der Waals surface area contributed by atoms with Gasteiger partial charge in [-0.05, 0) is 35.2 Å². The number of carbonyl (C=O) groups is 2. The second kappa shape index (κ2) is 10.2. The Morgan fingerprint density at radius 2 is 1.74 bits per heavy atom. The van der Waals surface area contributed by atoms with Crippen molar-refractivity contribution in [2.45, 2.75) is 39.4 Å². The topological polar surface area (TPSA) is 109 Å². The third-order valence-electron chi connectivity index (χ3n) is 5.19. The van der Waals surface area contributed by atoms with Crippen molar-refractivity contribution < 1.29 is 27.9 Å². The van der Waals surface area contributed by atoms with Crippen molar-refractivity contribution in [2.75, 3.05) is 11.9 Å². The monoisotopic (exact) mass is 489 g/mol. The lowest BCUT2D eigenvalue weighted by Crippen LogP contribution is -2.27. The summed E-state index contributed by atoms with van der Waals surface area (Å²) in [5.41, 5.74) is 0.758. The number of aliphatic carboxylic acids is 1. The molecule has 2 aromatic heterocycles. The number of benzene rings is 1. The Bertz CT molecular complexity index is 1170. The zero-order valence-electron chi connectivity index (χ0n) is 19.4. The molecule has 0 fully saturated rings. The number of aromatic nitrogens is 3. The van der Waals surface area contributed by atoms with E-state index in [9.17, 15) is 22.8 Å². The molecule has 0 bridgehead atoms. The Balaban J connectivity index is 1.73. The highest BCUT2D eigenvalue weighted by atomic mass is 19.4. The molecule has 0 spiro atoms. The number of carboxylic acids is 1. The van der Waals surface area contributed by atoms with Gasteiger partial charge in [-0.15, -0.1) is 0 Å². The van der Waals surface area contributed by atoms with Crippen LogP contribution in [0.25, 0.3) is 5.82 Å². The SMILES string of the molecule is CC(C)(C)[C@H](Nc1ccc(-n2cnc(C(F)(F)F)c2)nc1)c1ccc(C(=O)NCCC(=O)O)cc1. The van der Waals surface area contributed by atoms with Gasteiger partial charge in [0.15, 0.2) is 5.69 Å². The van der Waals surface area contributed by atoms with Crippen LogP contribution in [0.15, 0.2) is 55.1 Å². The van der Waals surface area contributed by atoms with Gasteiger partial charge in [0.05, 0.1) is 24.3 Å². The molecule has 0 aliphatic rings. The number of nitrogens with zero attached hydrogens (tertiary/aromatic N) is 3. The predicted molar refractivity (Wildman–Crippen MR) is 123 cm³/mol. The van der Waals surface area contributed by atoms with E-state index in [4.69, 9.17) is 5.11 Å². The smallest absolute Gasteiger partial charge is 0.434 e. The summed E-state index contributed by atoms with van der Waals surface area (Å²) in [6.07, 6.45) is -1.20. The van der Waals surface area contributed by atoms with Gasteiger partial charge in [0.25, 0.3) is 5.91 Å². The number of alkyl halides is 3. The number of pyridine rings is 1. The van der Waals surface area contributed by atoms with Crippen LogP contribution >= 0.6 is 0 Å². The maximum Gasteiger partial charge on any atom is 0.434 e. The highest BCUT2D eigenvalue weighted by molar-refractivity contribution is 5.94. The third-order valence-corrected chi connectivity index (χ3v) is 5.19. The average Bonchev–Trinajstić information content (AvgIpc) is 3.28. The summed E-state index contributed by atoms with van der Waals surface area (Å²) >= 11 is 0. The molecule has 1 amide bonds. The number of nitrogens with one attached hydrogen (secondary N) is 2. The molecule has 0 aliphatic carbocycles. The van der Waals surface area contributed by atoms with E-state index >= 15 is 0 Å². The predicted octanol–water partition coefficient (Wildman–Crippen LogP) is 4.69. The normalized spacial score (nSPS) is 12.7. The molecule has 11 heteroatoms. The van der Waals surface area contributed by atoms with Crippen molar-refractivity contribution in [1.82, 2.24) is 19.9 Å². The minimum Gasteiger partial charge on any atom is -0.481 e. The van der Waals surface area contributed by atoms with Crippen LogP contribution in [0.1, 0.15) is 54.8 Å². The number of rotatable bonds is 8. The van der Waals surface area contributed by atoms with E-state index in [1.165, 1.54) is 10.8 Å². The summed E-state index contributed by atoms with van der Waals surface area (Å²) in [4.78, 5) is 30.4. The number of hydrogen-bond donors (Lipinski definition) is 3. The second-order valence-corrected chi connectivity index (χ2v) is 9.03. The summed E-state index contributed by atoms with van der Waals surface area (Å²) < 4.78 is 39.6. The number of imidazole rings is 1. The summed E-state index contributed by atoms with van der Waals surface area (Å²) in [6, 6.07) is 10.1. The molecule has 8 nitrogen and oxygen atoms in total. The molecule has 0 radical (unpaired) electrons. The Morgan fingerprint density at radius 1 is 1.06 bits per heavy atom. The van der Waals surface area contributed by atoms with Crippen molar-refractivity contribution in [3.63, 3.8) is 0 Å². The second-order valence-electron chi connectivity index (χ2n) is 9.03. The first kappa shape index (κ1) is 25.7. The van der Waals surface area contributed by atoms with E-state index < -0.39 is 17.8 Å². The van der Waals surface area contributed by atoms with Crippen molar-refractivity contribution in [2.24, 2.45) is 5.41 Å². The van der Waals surface area contributed by atoms with Crippen LogP contribution < -0.4 is 10.6 Å². The number of hydrogen-bond acceptors (Lipinski definition) is 5. The number of anilines is 1. The highest BCUT2D eigenvalue weighted by Gasteiger charge is 2.33. The molecule has 186 valence electrons. The van der Waals surface area contributed by atoms with Crippen LogP contribution in [0, 0.1) is 5.41 Å². The molecular formula is C24H26F3N5O3. The number of halogens is 3. The number of amides is 1. The molecule has 2 heterocycles. The quantitative estimate of drug-likeness (QED) is 0.424. The lowest BCUT2D eigenvalue weighted by atomic mass is 9.82. The number of carbonyl (C=O) groups excluding carboxylic acids is 1. The standard InChI is InChI=1S/C24H26F3N5O3/c1-23(2,3)21(15-4-6-16(7-5-15)22(35)28-11-10-20(33)34)31-17-8-9-19(29-12-17)32-13-18(30-14-32)24(25,26)27/h4-9,12-14,21,31H,10-11H2,1-3H3,(H,28,35)(H,33,34)/t21-/m1/s1. The molecule has 0 saturated carbocycles. The fourth-order valence-electron chi connectivity index (χ4n) is 3.40. The van der Waals surface area contributed by atoms with Crippen LogP contribution in [0.2, 0.25) is 0 Å². The van der Waals surface area contributed by atoms with Gasteiger partial charge in [-0.25, -0.2) is 9.97 Å². The van der Waals surface area contributed by atoms with E-state index in [0.717, 1.165) is 18.1 Å². The lowest BCUT2D eigenvalue weighted by molar-refractivity contribution is -0.141. The van der Waals surface area contributed by atoms with Gasteiger partial charge in [-0.1, -0.05) is 32.9 Å². The van der Waals surface area contributed by atoms with Gasteiger partial charge in [-0.3, -0.25) is 14.2 Å². The van der Waals surface area contributed by atoms with E-state index in [-0.39, 0.29) is 30.3 Å². The van der Waals surface area contributed by atoms with Crippen molar-refractivity contribution >= 4 is 17.6 Å². The maximum atomic E-state index is 12.8. The van der Waals surface area contributed by atoms with E-state index in [2.05, 4.69) is 20.6 Å². The van der Waals surface area contributed by atoms with Gasteiger partial charge in [-0.2, -0.15) is 13.2 Å². The molecular weight excluding hydrogens is 463 g/mol. The zero-order valence-corrected chi connectivity index (χ0v) is 19.4. The Kier molecular flexibility index (Phi) is 7.47. The molecule has 3 rings (SSSR count). The first-order valence-electron chi connectivity index (χ1n) is 10.8. The minimum absolute atomic E-state index is 0.0433. The Labute approximate surface area is 200 Å². The first-order valence-corrected chi connectivity index (χ1v) is 10.8. The van der Waals surface area contributed by atoms with Crippen molar-refractivity contribution in [3.8, 4) is 5.82 Å². The fourth-order valence-corrected chi connectivity index (χ4v) is 3.40. The fraction of sp³-hybridized carbons (Fsp3) is 0.333. The van der Waals surface area contributed by atoms with Crippen molar-refractivity contribution in [1.29, 1.82) is 0 Å². The van der Waals surface area contributed by atoms with Gasteiger partial charge >= 0.3 is 12.1 Å². The largest absolute Gasteiger partial charge is 0.481 e. The molecule has 0 saturated heterocycles. The summed E-state index contributed by atoms with van der Waals surface area (Å²) in [5.74, 6) is -1.05. The molecule has 1 atom stereocenters. The summed E-state index contributed by atoms with van der Waals surface area (Å²) in [7, 11) is 0. The molecule has 1 aromatic carbocycles. The molecule has 3 N–H and O–H groups in total.